The average Bonchev–Trinajstić information content (AvgIpc) is 2.77. The van der Waals surface area contributed by atoms with Crippen molar-refractivity contribution in [1.29, 1.82) is 0 Å². The topological polar surface area (TPSA) is 47.1 Å². The van der Waals surface area contributed by atoms with E-state index in [1.54, 1.807) is 6.20 Å². The quantitative estimate of drug-likeness (QED) is 0.783. The van der Waals surface area contributed by atoms with Gasteiger partial charge in [-0.15, -0.1) is 0 Å². The minimum absolute atomic E-state index is 0.779. The predicted molar refractivity (Wildman–Crippen MR) is 56.8 cm³/mol. The monoisotopic (exact) mass is 194 g/mol. The molecule has 0 atom stereocenters. The van der Waals surface area contributed by atoms with E-state index in [4.69, 9.17) is 5.73 Å². The van der Waals surface area contributed by atoms with E-state index in [0.29, 0.717) is 0 Å². The molecule has 1 aliphatic rings. The summed E-state index contributed by atoms with van der Waals surface area (Å²) in [5.74, 6) is 1.88. The Balaban J connectivity index is 2.07. The van der Waals surface area contributed by atoms with Crippen molar-refractivity contribution in [3.05, 3.63) is 12.0 Å². The molecule has 2 rings (SSSR count). The van der Waals surface area contributed by atoms with Gasteiger partial charge in [0.25, 0.3) is 0 Å². The molecule has 0 unspecified atom stereocenters. The van der Waals surface area contributed by atoms with Crippen LogP contribution >= 0.6 is 0 Å². The molecule has 0 radical (unpaired) electrons. The van der Waals surface area contributed by atoms with Crippen LogP contribution in [0.3, 0.4) is 0 Å². The van der Waals surface area contributed by atoms with Gasteiger partial charge in [-0.1, -0.05) is 0 Å². The van der Waals surface area contributed by atoms with Crippen molar-refractivity contribution in [2.24, 2.45) is 0 Å². The SMILES string of the molecule is CCn1c(N)cnc1CN1CCCC1. The molecule has 0 aliphatic carbocycles. The second-order valence-corrected chi connectivity index (χ2v) is 3.83. The zero-order chi connectivity index (χ0) is 9.97. The number of nitrogens with two attached hydrogens (primary N) is 1. The Hall–Kier alpha value is -1.03. The van der Waals surface area contributed by atoms with Crippen molar-refractivity contribution >= 4 is 5.82 Å². The Morgan fingerprint density at radius 2 is 2.14 bits per heavy atom. The number of likely N-dealkylation sites (tertiary alicyclic amines) is 1. The maximum absolute atomic E-state index is 5.81. The van der Waals surface area contributed by atoms with Crippen LogP contribution in [0.5, 0.6) is 0 Å². The lowest BCUT2D eigenvalue weighted by molar-refractivity contribution is 0.317. The Kier molecular flexibility index (Phi) is 2.72. The number of hydrogen-bond acceptors (Lipinski definition) is 3. The molecule has 4 heteroatoms. The van der Waals surface area contributed by atoms with Crippen LogP contribution in [0, 0.1) is 0 Å². The van der Waals surface area contributed by atoms with E-state index in [2.05, 4.69) is 21.4 Å². The molecule has 1 fully saturated rings. The smallest absolute Gasteiger partial charge is 0.124 e. The number of imidazole rings is 1. The van der Waals surface area contributed by atoms with Crippen LogP contribution in [0.2, 0.25) is 0 Å². The summed E-state index contributed by atoms with van der Waals surface area (Å²) in [5.41, 5.74) is 5.81. The molecular formula is C10H18N4. The van der Waals surface area contributed by atoms with Crippen LogP contribution in [0.1, 0.15) is 25.6 Å². The Morgan fingerprint density at radius 3 is 2.79 bits per heavy atom. The summed E-state index contributed by atoms with van der Waals surface area (Å²) in [6, 6.07) is 0. The van der Waals surface area contributed by atoms with Gasteiger partial charge in [-0.05, 0) is 32.9 Å². The summed E-state index contributed by atoms with van der Waals surface area (Å²) in [7, 11) is 0. The molecule has 0 amide bonds. The first-order valence-corrected chi connectivity index (χ1v) is 5.33. The summed E-state index contributed by atoms with van der Waals surface area (Å²) in [6.45, 7) is 6.37. The van der Waals surface area contributed by atoms with Crippen molar-refractivity contribution in [3.8, 4) is 0 Å². The molecule has 78 valence electrons. The lowest BCUT2D eigenvalue weighted by Gasteiger charge is -2.15. The highest BCUT2D eigenvalue weighted by molar-refractivity contribution is 5.27. The van der Waals surface area contributed by atoms with E-state index >= 15 is 0 Å². The van der Waals surface area contributed by atoms with Crippen LogP contribution in [-0.4, -0.2) is 27.5 Å². The van der Waals surface area contributed by atoms with E-state index < -0.39 is 0 Å². The molecule has 4 nitrogen and oxygen atoms in total. The number of rotatable bonds is 3. The maximum Gasteiger partial charge on any atom is 0.124 e. The van der Waals surface area contributed by atoms with Crippen molar-refractivity contribution in [1.82, 2.24) is 14.5 Å². The molecule has 1 aromatic rings. The predicted octanol–water partition coefficient (Wildman–Crippen LogP) is 1.08. The first-order valence-electron chi connectivity index (χ1n) is 5.33. The summed E-state index contributed by atoms with van der Waals surface area (Å²) in [6.07, 6.45) is 4.40. The minimum Gasteiger partial charge on any atom is -0.384 e. The van der Waals surface area contributed by atoms with Gasteiger partial charge in [0, 0.05) is 6.54 Å². The van der Waals surface area contributed by atoms with Gasteiger partial charge in [0.15, 0.2) is 0 Å². The van der Waals surface area contributed by atoms with Gasteiger partial charge >= 0.3 is 0 Å². The molecule has 2 N–H and O–H groups in total. The van der Waals surface area contributed by atoms with Crippen LogP contribution in [0.4, 0.5) is 5.82 Å². The summed E-state index contributed by atoms with van der Waals surface area (Å²) in [5, 5.41) is 0. The van der Waals surface area contributed by atoms with Crippen LogP contribution < -0.4 is 5.73 Å². The number of hydrogen-bond donors (Lipinski definition) is 1. The number of anilines is 1. The lowest BCUT2D eigenvalue weighted by atomic mass is 10.4. The van der Waals surface area contributed by atoms with Crippen molar-refractivity contribution in [2.45, 2.75) is 32.9 Å². The van der Waals surface area contributed by atoms with Crippen molar-refractivity contribution in [3.63, 3.8) is 0 Å². The summed E-state index contributed by atoms with van der Waals surface area (Å²) in [4.78, 5) is 6.78. The molecule has 0 aromatic carbocycles. The zero-order valence-corrected chi connectivity index (χ0v) is 8.74. The van der Waals surface area contributed by atoms with E-state index in [1.807, 2.05) is 0 Å². The number of aromatic nitrogens is 2. The highest BCUT2D eigenvalue weighted by Gasteiger charge is 2.15. The van der Waals surface area contributed by atoms with Gasteiger partial charge in [-0.25, -0.2) is 4.98 Å². The van der Waals surface area contributed by atoms with Crippen LogP contribution in [-0.2, 0) is 13.1 Å². The highest BCUT2D eigenvalue weighted by atomic mass is 15.2. The third-order valence-corrected chi connectivity index (χ3v) is 2.85. The van der Waals surface area contributed by atoms with Crippen molar-refractivity contribution in [2.75, 3.05) is 18.8 Å². The minimum atomic E-state index is 0.779. The van der Waals surface area contributed by atoms with E-state index in [0.717, 1.165) is 24.7 Å². The molecule has 0 bridgehead atoms. The second-order valence-electron chi connectivity index (χ2n) is 3.83. The van der Waals surface area contributed by atoms with E-state index in [9.17, 15) is 0 Å². The van der Waals surface area contributed by atoms with Gasteiger partial charge in [-0.2, -0.15) is 0 Å². The van der Waals surface area contributed by atoms with Gasteiger partial charge in [0.1, 0.15) is 11.6 Å². The first-order chi connectivity index (χ1) is 6.81. The van der Waals surface area contributed by atoms with Crippen LogP contribution in [0.15, 0.2) is 6.20 Å². The molecule has 0 saturated carbocycles. The normalized spacial score (nSPS) is 17.8. The molecule has 1 aromatic heterocycles. The first kappa shape index (κ1) is 9.52. The molecular weight excluding hydrogens is 176 g/mol. The van der Waals surface area contributed by atoms with Crippen LogP contribution in [0.25, 0.3) is 0 Å². The molecule has 0 spiro atoms. The molecule has 2 heterocycles. The molecule has 1 aliphatic heterocycles. The Labute approximate surface area is 84.7 Å². The van der Waals surface area contributed by atoms with Crippen molar-refractivity contribution < 1.29 is 0 Å². The molecule has 14 heavy (non-hydrogen) atoms. The fraction of sp³-hybridized carbons (Fsp3) is 0.700. The Bertz CT molecular complexity index is 299. The maximum atomic E-state index is 5.81. The zero-order valence-electron chi connectivity index (χ0n) is 8.74. The molecule has 1 saturated heterocycles. The second kappa shape index (κ2) is 4.00. The number of nitrogens with zero attached hydrogens (tertiary/aromatic N) is 3. The van der Waals surface area contributed by atoms with E-state index in [-0.39, 0.29) is 0 Å². The van der Waals surface area contributed by atoms with E-state index in [1.165, 1.54) is 25.9 Å². The number of nitrogen functional groups attached to an aromatic ring is 1. The van der Waals surface area contributed by atoms with Gasteiger partial charge in [-0.3, -0.25) is 4.90 Å². The largest absolute Gasteiger partial charge is 0.384 e. The fourth-order valence-corrected chi connectivity index (χ4v) is 2.06. The fourth-order valence-electron chi connectivity index (χ4n) is 2.06. The standard InChI is InChI=1S/C10H18N4/c1-2-14-9(11)7-12-10(14)8-13-5-3-4-6-13/h7H,2-6,8,11H2,1H3. The lowest BCUT2D eigenvalue weighted by Crippen LogP contribution is -2.21. The third-order valence-electron chi connectivity index (χ3n) is 2.85. The Morgan fingerprint density at radius 1 is 1.43 bits per heavy atom. The van der Waals surface area contributed by atoms with Gasteiger partial charge in [0.05, 0.1) is 12.7 Å². The average molecular weight is 194 g/mol. The van der Waals surface area contributed by atoms with Gasteiger partial charge in [0.2, 0.25) is 0 Å². The highest BCUT2D eigenvalue weighted by Crippen LogP contribution is 2.14. The summed E-state index contributed by atoms with van der Waals surface area (Å²) >= 11 is 0. The van der Waals surface area contributed by atoms with Gasteiger partial charge < -0.3 is 10.3 Å². The third kappa shape index (κ3) is 1.75. The summed E-state index contributed by atoms with van der Waals surface area (Å²) < 4.78 is 2.08.